The molecule has 0 aromatic carbocycles. The van der Waals surface area contributed by atoms with Crippen LogP contribution in [0.1, 0.15) is 0 Å². The van der Waals surface area contributed by atoms with E-state index < -0.39 is 0 Å². The summed E-state index contributed by atoms with van der Waals surface area (Å²) >= 11 is 0. The summed E-state index contributed by atoms with van der Waals surface area (Å²) in [5.41, 5.74) is 0. The van der Waals surface area contributed by atoms with Gasteiger partial charge in [0.2, 0.25) is 0 Å². The second-order valence-corrected chi connectivity index (χ2v) is 0. The molecule has 0 atom stereocenters. The standard InChI is InChI=1S/Cu.Fe.Mn.Ni.H2O/h;;;;1H2. The van der Waals surface area contributed by atoms with Crippen LogP contribution in [0.4, 0.5) is 0 Å². The first kappa shape index (κ1) is 62.6. The summed E-state index contributed by atoms with van der Waals surface area (Å²) in [5.74, 6) is 0. The summed E-state index contributed by atoms with van der Waals surface area (Å²) in [6.07, 6.45) is 0. The van der Waals surface area contributed by atoms with E-state index in [1.807, 2.05) is 0 Å². The predicted molar refractivity (Wildman–Crippen MR) is 3.61 cm³/mol. The van der Waals surface area contributed by atoms with E-state index in [9.17, 15) is 0 Å². The Balaban J connectivity index is 0. The Labute approximate surface area is 72.7 Å². The second-order valence-electron chi connectivity index (χ2n) is 0. The molecule has 0 unspecified atom stereocenters. The van der Waals surface area contributed by atoms with Gasteiger partial charge in [-0.2, -0.15) is 0 Å². The van der Waals surface area contributed by atoms with Crippen molar-refractivity contribution in [2.45, 2.75) is 0 Å². The Bertz CT molecular complexity index is 11.6. The van der Waals surface area contributed by atoms with Gasteiger partial charge in [0.05, 0.1) is 0 Å². The van der Waals surface area contributed by atoms with E-state index in [1.165, 1.54) is 0 Å². The van der Waals surface area contributed by atoms with Crippen LogP contribution in [0.25, 0.3) is 0 Å². The smallest absolute Gasteiger partial charge is 0 e. The molecule has 0 aromatic rings. The zero-order valence-corrected chi connectivity index (χ0v) is 6.06. The van der Waals surface area contributed by atoms with Crippen molar-refractivity contribution in [3.05, 3.63) is 0 Å². The van der Waals surface area contributed by atoms with Gasteiger partial charge < -0.3 is 5.48 Å². The van der Waals surface area contributed by atoms with Crippen LogP contribution in [-0.2, 0) is 67.7 Å². The number of hydrogen-bond acceptors (Lipinski definition) is 0. The van der Waals surface area contributed by atoms with E-state index in [0.717, 1.165) is 0 Å². The molecule has 2 radical (unpaired) electrons. The minimum atomic E-state index is 0. The van der Waals surface area contributed by atoms with Gasteiger partial charge in [-0.3, -0.25) is 0 Å². The van der Waals surface area contributed by atoms with Crippen molar-refractivity contribution in [2.24, 2.45) is 0 Å². The molecule has 44 valence electrons. The Morgan fingerprint density at radius 2 is 1.00 bits per heavy atom. The van der Waals surface area contributed by atoms with Crippen LogP contribution in [0.2, 0.25) is 0 Å². The predicted octanol–water partition coefficient (Wildman–Crippen LogP) is -0.835. The zero-order chi connectivity index (χ0) is 0. The average molecular weight is 251 g/mol. The molecular formula is H2CuFeMnNiO. The van der Waals surface area contributed by atoms with Gasteiger partial charge in [-0.15, -0.1) is 0 Å². The van der Waals surface area contributed by atoms with Crippen LogP contribution in [-0.4, -0.2) is 5.48 Å². The van der Waals surface area contributed by atoms with Gasteiger partial charge in [0.1, 0.15) is 0 Å². The topological polar surface area (TPSA) is 31.5 Å². The first-order valence-corrected chi connectivity index (χ1v) is 0. The summed E-state index contributed by atoms with van der Waals surface area (Å²) in [4.78, 5) is 0. The Kier molecular flexibility index (Phi) is 467. The fourth-order valence-corrected chi connectivity index (χ4v) is 0. The third-order valence-electron chi connectivity index (χ3n) is 0. The Morgan fingerprint density at radius 3 is 1.00 bits per heavy atom. The van der Waals surface area contributed by atoms with E-state index in [1.54, 1.807) is 0 Å². The molecule has 0 rings (SSSR count). The number of hydrogen-bond donors (Lipinski definition) is 0. The molecule has 0 fully saturated rings. The second kappa shape index (κ2) is 37.3. The molecule has 1 nitrogen and oxygen atoms in total. The maximum absolute atomic E-state index is 0. The summed E-state index contributed by atoms with van der Waals surface area (Å²) in [5, 5.41) is 0. The molecular weight excluding hydrogens is 249 g/mol. The van der Waals surface area contributed by atoms with Crippen molar-refractivity contribution in [3.63, 3.8) is 0 Å². The fourth-order valence-electron chi connectivity index (χ4n) is 0. The third-order valence-corrected chi connectivity index (χ3v) is 0. The first-order valence-electron chi connectivity index (χ1n) is 0. The summed E-state index contributed by atoms with van der Waals surface area (Å²) in [7, 11) is 0. The van der Waals surface area contributed by atoms with Crippen molar-refractivity contribution in [3.8, 4) is 0 Å². The molecule has 0 saturated heterocycles. The summed E-state index contributed by atoms with van der Waals surface area (Å²) < 4.78 is 0. The van der Waals surface area contributed by atoms with Crippen LogP contribution in [0.15, 0.2) is 0 Å². The average Bonchev–Trinajstić information content (AvgIpc) is 0. The van der Waals surface area contributed by atoms with Gasteiger partial charge in [-0.25, -0.2) is 0 Å². The Morgan fingerprint density at radius 1 is 1.00 bits per heavy atom. The molecule has 0 aromatic heterocycles. The zero-order valence-electron chi connectivity index (χ0n) is 1.85. The van der Waals surface area contributed by atoms with Crippen LogP contribution < -0.4 is 0 Å². The molecule has 0 bridgehead atoms. The van der Waals surface area contributed by atoms with Crippen molar-refractivity contribution in [1.29, 1.82) is 0 Å². The molecule has 5 heavy (non-hydrogen) atoms. The SMILES string of the molecule is O.[Cu].[Fe].[Mn].[Ni]. The van der Waals surface area contributed by atoms with E-state index in [2.05, 4.69) is 0 Å². The largest absolute Gasteiger partial charge is 0.412 e. The molecule has 0 saturated carbocycles. The maximum Gasteiger partial charge on any atom is 0 e. The monoisotopic (exact) mass is 250 g/mol. The molecule has 0 aliphatic carbocycles. The van der Waals surface area contributed by atoms with E-state index in [4.69, 9.17) is 0 Å². The van der Waals surface area contributed by atoms with Gasteiger partial charge in [-0.1, -0.05) is 0 Å². The minimum absolute atomic E-state index is 0. The molecule has 0 amide bonds. The van der Waals surface area contributed by atoms with Crippen molar-refractivity contribution in [2.75, 3.05) is 0 Å². The number of rotatable bonds is 0. The normalized spacial score (nSPS) is 0. The van der Waals surface area contributed by atoms with Crippen LogP contribution in [0, 0.1) is 0 Å². The third kappa shape index (κ3) is 23.9. The molecule has 0 aliphatic rings. The van der Waals surface area contributed by atoms with Gasteiger partial charge >= 0.3 is 0 Å². The fraction of sp³-hybridized carbons (Fsp3) is 0. The minimum Gasteiger partial charge on any atom is -0.412 e. The quantitative estimate of drug-likeness (QED) is 0.503. The van der Waals surface area contributed by atoms with Gasteiger partial charge in [0.25, 0.3) is 0 Å². The van der Waals surface area contributed by atoms with Crippen LogP contribution in [0.3, 0.4) is 0 Å². The van der Waals surface area contributed by atoms with Gasteiger partial charge in [0, 0.05) is 67.7 Å². The van der Waals surface area contributed by atoms with Crippen molar-refractivity contribution >= 4 is 0 Å². The van der Waals surface area contributed by atoms with Gasteiger partial charge in [0.15, 0.2) is 0 Å². The van der Waals surface area contributed by atoms with Crippen molar-refractivity contribution < 1.29 is 73.2 Å². The molecule has 0 heterocycles. The van der Waals surface area contributed by atoms with Crippen molar-refractivity contribution in [1.82, 2.24) is 0 Å². The van der Waals surface area contributed by atoms with Gasteiger partial charge in [-0.05, 0) is 0 Å². The Hall–Kier alpha value is 2.01. The van der Waals surface area contributed by atoms with E-state index >= 15 is 0 Å². The molecule has 0 aliphatic heterocycles. The summed E-state index contributed by atoms with van der Waals surface area (Å²) in [6, 6.07) is 0. The molecule has 2 N–H and O–H groups in total. The van der Waals surface area contributed by atoms with Crippen LogP contribution in [0.5, 0.6) is 0 Å². The maximum atomic E-state index is 0. The molecule has 5 heteroatoms. The molecule has 0 spiro atoms. The van der Waals surface area contributed by atoms with Crippen LogP contribution >= 0.6 is 0 Å². The van der Waals surface area contributed by atoms with E-state index in [0.29, 0.717) is 0 Å². The first-order chi connectivity index (χ1) is 0. The summed E-state index contributed by atoms with van der Waals surface area (Å²) in [6.45, 7) is 0. The van der Waals surface area contributed by atoms with E-state index in [-0.39, 0.29) is 73.2 Å².